The van der Waals surface area contributed by atoms with Crippen LogP contribution in [0.3, 0.4) is 0 Å². The van der Waals surface area contributed by atoms with Crippen molar-refractivity contribution in [2.24, 2.45) is 5.73 Å². The Kier molecular flexibility index (Phi) is 7.15. The Morgan fingerprint density at radius 3 is 2.39 bits per heavy atom. The molecule has 1 saturated heterocycles. The van der Waals surface area contributed by atoms with Crippen molar-refractivity contribution in [2.75, 3.05) is 39.4 Å². The molecule has 18 heavy (non-hydrogen) atoms. The van der Waals surface area contributed by atoms with E-state index in [1.165, 1.54) is 0 Å². The molecule has 0 aliphatic carbocycles. The predicted octanol–water partition coefficient (Wildman–Crippen LogP) is 1.63. The minimum Gasteiger partial charge on any atom is -0.378 e. The SMILES string of the molecule is CC(C)(C)OCCN1CCC(OCCCN)CC1. The lowest BCUT2D eigenvalue weighted by atomic mass is 10.1. The first-order chi connectivity index (χ1) is 8.51. The van der Waals surface area contributed by atoms with Gasteiger partial charge < -0.3 is 20.1 Å². The van der Waals surface area contributed by atoms with Gasteiger partial charge in [-0.3, -0.25) is 0 Å². The Balaban J connectivity index is 2.04. The van der Waals surface area contributed by atoms with E-state index >= 15 is 0 Å². The molecule has 1 aliphatic rings. The van der Waals surface area contributed by atoms with Gasteiger partial charge in [0.1, 0.15) is 0 Å². The summed E-state index contributed by atoms with van der Waals surface area (Å²) < 4.78 is 11.5. The van der Waals surface area contributed by atoms with Crippen molar-refractivity contribution in [3.05, 3.63) is 0 Å². The van der Waals surface area contributed by atoms with Crippen molar-refractivity contribution < 1.29 is 9.47 Å². The summed E-state index contributed by atoms with van der Waals surface area (Å²) in [6.07, 6.45) is 3.69. The first-order valence-corrected chi connectivity index (χ1v) is 7.19. The lowest BCUT2D eigenvalue weighted by Gasteiger charge is -2.32. The molecule has 1 rings (SSSR count). The molecular weight excluding hydrogens is 228 g/mol. The van der Waals surface area contributed by atoms with Crippen molar-refractivity contribution in [1.29, 1.82) is 0 Å². The zero-order chi connectivity index (χ0) is 13.4. The van der Waals surface area contributed by atoms with Crippen molar-refractivity contribution in [3.63, 3.8) is 0 Å². The Bertz CT molecular complexity index is 208. The molecule has 0 atom stereocenters. The molecule has 4 heteroatoms. The van der Waals surface area contributed by atoms with E-state index in [1.54, 1.807) is 0 Å². The summed E-state index contributed by atoms with van der Waals surface area (Å²) in [5, 5.41) is 0. The quantitative estimate of drug-likeness (QED) is 0.705. The second kappa shape index (κ2) is 8.10. The predicted molar refractivity (Wildman–Crippen MR) is 74.8 cm³/mol. The largest absolute Gasteiger partial charge is 0.378 e. The van der Waals surface area contributed by atoms with E-state index in [-0.39, 0.29) is 5.60 Å². The Morgan fingerprint density at radius 1 is 1.17 bits per heavy atom. The molecule has 0 saturated carbocycles. The molecule has 0 unspecified atom stereocenters. The highest BCUT2D eigenvalue weighted by molar-refractivity contribution is 4.72. The van der Waals surface area contributed by atoms with Gasteiger partial charge in [0.15, 0.2) is 0 Å². The zero-order valence-corrected chi connectivity index (χ0v) is 12.3. The van der Waals surface area contributed by atoms with E-state index in [9.17, 15) is 0 Å². The van der Waals surface area contributed by atoms with Crippen LogP contribution in [-0.2, 0) is 9.47 Å². The second-order valence-corrected chi connectivity index (χ2v) is 6.01. The molecule has 0 spiro atoms. The molecule has 1 heterocycles. The summed E-state index contributed by atoms with van der Waals surface area (Å²) >= 11 is 0. The lowest BCUT2D eigenvalue weighted by molar-refractivity contribution is -0.0287. The molecule has 0 bridgehead atoms. The van der Waals surface area contributed by atoms with Gasteiger partial charge in [0, 0.05) is 26.2 Å². The van der Waals surface area contributed by atoms with Crippen molar-refractivity contribution in [3.8, 4) is 0 Å². The van der Waals surface area contributed by atoms with E-state index in [4.69, 9.17) is 15.2 Å². The topological polar surface area (TPSA) is 47.7 Å². The number of nitrogens with zero attached hydrogens (tertiary/aromatic N) is 1. The van der Waals surface area contributed by atoms with Crippen molar-refractivity contribution in [1.82, 2.24) is 4.90 Å². The average Bonchev–Trinajstić information content (AvgIpc) is 2.30. The number of ether oxygens (including phenoxy) is 2. The lowest BCUT2D eigenvalue weighted by Crippen LogP contribution is -2.39. The van der Waals surface area contributed by atoms with Crippen LogP contribution in [0, 0.1) is 0 Å². The van der Waals surface area contributed by atoms with Crippen LogP contribution in [0.15, 0.2) is 0 Å². The summed E-state index contributed by atoms with van der Waals surface area (Å²) in [4.78, 5) is 2.47. The van der Waals surface area contributed by atoms with Gasteiger partial charge in [-0.2, -0.15) is 0 Å². The molecule has 2 N–H and O–H groups in total. The van der Waals surface area contributed by atoms with Crippen LogP contribution in [0.2, 0.25) is 0 Å². The number of hydrogen-bond acceptors (Lipinski definition) is 4. The number of likely N-dealkylation sites (tertiary alicyclic amines) is 1. The van der Waals surface area contributed by atoms with Crippen LogP contribution >= 0.6 is 0 Å². The fraction of sp³-hybridized carbons (Fsp3) is 1.00. The normalized spacial score (nSPS) is 19.3. The summed E-state index contributed by atoms with van der Waals surface area (Å²) in [5.74, 6) is 0. The minimum atomic E-state index is -0.0242. The van der Waals surface area contributed by atoms with E-state index < -0.39 is 0 Å². The van der Waals surface area contributed by atoms with Crippen molar-refractivity contribution in [2.45, 2.75) is 51.7 Å². The minimum absolute atomic E-state index is 0.0242. The Morgan fingerprint density at radius 2 is 1.83 bits per heavy atom. The standard InChI is InChI=1S/C14H30N2O2/c1-14(2,3)18-12-10-16-8-5-13(6-9-16)17-11-4-7-15/h13H,4-12,15H2,1-3H3. The maximum atomic E-state index is 5.79. The fourth-order valence-electron chi connectivity index (χ4n) is 2.11. The van der Waals surface area contributed by atoms with Crippen LogP contribution in [0.1, 0.15) is 40.0 Å². The molecule has 0 aromatic carbocycles. The van der Waals surface area contributed by atoms with Crippen LogP contribution in [0.25, 0.3) is 0 Å². The van der Waals surface area contributed by atoms with E-state index in [0.29, 0.717) is 6.10 Å². The molecule has 4 nitrogen and oxygen atoms in total. The monoisotopic (exact) mass is 258 g/mol. The van der Waals surface area contributed by atoms with Gasteiger partial charge in [-0.05, 0) is 46.6 Å². The summed E-state index contributed by atoms with van der Waals surface area (Å²) in [6, 6.07) is 0. The highest BCUT2D eigenvalue weighted by atomic mass is 16.5. The average molecular weight is 258 g/mol. The molecule has 0 aromatic heterocycles. The van der Waals surface area contributed by atoms with E-state index in [2.05, 4.69) is 25.7 Å². The van der Waals surface area contributed by atoms with Gasteiger partial charge in [-0.15, -0.1) is 0 Å². The smallest absolute Gasteiger partial charge is 0.0600 e. The van der Waals surface area contributed by atoms with E-state index in [1.807, 2.05) is 0 Å². The Labute approximate surface area is 112 Å². The van der Waals surface area contributed by atoms with Gasteiger partial charge in [0.25, 0.3) is 0 Å². The second-order valence-electron chi connectivity index (χ2n) is 6.01. The third-order valence-corrected chi connectivity index (χ3v) is 3.18. The van der Waals surface area contributed by atoms with Crippen LogP contribution in [0.4, 0.5) is 0 Å². The van der Waals surface area contributed by atoms with Crippen LogP contribution < -0.4 is 5.73 Å². The molecule has 0 radical (unpaired) electrons. The summed E-state index contributed by atoms with van der Waals surface area (Å²) in [7, 11) is 0. The van der Waals surface area contributed by atoms with Gasteiger partial charge in [-0.1, -0.05) is 0 Å². The summed E-state index contributed by atoms with van der Waals surface area (Å²) in [6.45, 7) is 12.0. The number of nitrogens with two attached hydrogens (primary N) is 1. The van der Waals surface area contributed by atoms with Crippen LogP contribution in [0.5, 0.6) is 0 Å². The maximum absolute atomic E-state index is 5.79. The molecular formula is C14H30N2O2. The van der Waals surface area contributed by atoms with Crippen LogP contribution in [-0.4, -0.2) is 56.0 Å². The van der Waals surface area contributed by atoms with Gasteiger partial charge in [-0.25, -0.2) is 0 Å². The number of piperidine rings is 1. The van der Waals surface area contributed by atoms with Gasteiger partial charge in [0.2, 0.25) is 0 Å². The first-order valence-electron chi connectivity index (χ1n) is 7.19. The zero-order valence-electron chi connectivity index (χ0n) is 12.3. The highest BCUT2D eigenvalue weighted by Crippen LogP contribution is 2.14. The molecule has 1 aliphatic heterocycles. The summed E-state index contributed by atoms with van der Waals surface area (Å²) in [5.41, 5.74) is 5.43. The first kappa shape index (κ1) is 15.9. The molecule has 0 amide bonds. The third-order valence-electron chi connectivity index (χ3n) is 3.18. The highest BCUT2D eigenvalue weighted by Gasteiger charge is 2.19. The third kappa shape index (κ3) is 7.31. The molecule has 1 fully saturated rings. The number of rotatable bonds is 7. The van der Waals surface area contributed by atoms with Gasteiger partial charge >= 0.3 is 0 Å². The fourth-order valence-corrected chi connectivity index (χ4v) is 2.11. The number of hydrogen-bond donors (Lipinski definition) is 1. The maximum Gasteiger partial charge on any atom is 0.0600 e. The van der Waals surface area contributed by atoms with Crippen molar-refractivity contribution >= 4 is 0 Å². The van der Waals surface area contributed by atoms with Gasteiger partial charge in [0.05, 0.1) is 18.3 Å². The van der Waals surface area contributed by atoms with E-state index in [0.717, 1.165) is 58.7 Å². The molecule has 0 aromatic rings. The Hall–Kier alpha value is -0.160. The molecule has 108 valence electrons.